The van der Waals surface area contributed by atoms with Gasteiger partial charge in [0.1, 0.15) is 11.6 Å². The van der Waals surface area contributed by atoms with Gasteiger partial charge in [-0.15, -0.1) is 0 Å². The first-order valence-corrected chi connectivity index (χ1v) is 6.97. The molecule has 0 aliphatic heterocycles. The van der Waals surface area contributed by atoms with Gasteiger partial charge < -0.3 is 20.5 Å². The third-order valence-electron chi connectivity index (χ3n) is 3.83. The van der Waals surface area contributed by atoms with Crippen molar-refractivity contribution >= 4 is 6.03 Å². The first-order valence-electron chi connectivity index (χ1n) is 6.97. The van der Waals surface area contributed by atoms with E-state index in [1.807, 2.05) is 6.92 Å². The quantitative estimate of drug-likeness (QED) is 0.749. The number of amides is 2. The molecule has 2 rings (SSSR count). The summed E-state index contributed by atoms with van der Waals surface area (Å²) in [6.45, 7) is 1.92. The molecule has 1 aromatic carbocycles. The van der Waals surface area contributed by atoms with E-state index in [0.29, 0.717) is 17.2 Å². The minimum Gasteiger partial charge on any atom is -0.497 e. The van der Waals surface area contributed by atoms with Crippen molar-refractivity contribution in [3.8, 4) is 5.75 Å². The second-order valence-electron chi connectivity index (χ2n) is 5.66. The summed E-state index contributed by atoms with van der Waals surface area (Å²) in [5.41, 5.74) is 0.0168. The molecule has 0 radical (unpaired) electrons. The Bertz CT molecular complexity index is 520. The first-order chi connectivity index (χ1) is 9.96. The predicted molar refractivity (Wildman–Crippen MR) is 76.5 cm³/mol. The second kappa shape index (κ2) is 6.30. The maximum Gasteiger partial charge on any atom is 0.315 e. The van der Waals surface area contributed by atoms with E-state index in [0.717, 1.165) is 12.8 Å². The summed E-state index contributed by atoms with van der Waals surface area (Å²) in [7, 11) is 1.46. The third kappa shape index (κ3) is 4.07. The lowest BCUT2D eigenvalue weighted by Gasteiger charge is -2.28. The van der Waals surface area contributed by atoms with Crippen molar-refractivity contribution in [3.63, 3.8) is 0 Å². The van der Waals surface area contributed by atoms with Crippen LogP contribution in [-0.4, -0.2) is 30.4 Å². The Kier molecular flexibility index (Phi) is 4.67. The van der Waals surface area contributed by atoms with Crippen LogP contribution in [0.2, 0.25) is 0 Å². The molecule has 1 atom stereocenters. The van der Waals surface area contributed by atoms with E-state index >= 15 is 0 Å². The molecule has 1 aliphatic carbocycles. The number of rotatable bonds is 6. The Morgan fingerprint density at radius 1 is 1.48 bits per heavy atom. The molecular weight excluding hydrogens is 275 g/mol. The van der Waals surface area contributed by atoms with Crippen LogP contribution in [0.25, 0.3) is 0 Å². The molecule has 116 valence electrons. The van der Waals surface area contributed by atoms with Crippen molar-refractivity contribution in [1.29, 1.82) is 0 Å². The fourth-order valence-electron chi connectivity index (χ4n) is 2.32. The highest BCUT2D eigenvalue weighted by Gasteiger charge is 2.42. The summed E-state index contributed by atoms with van der Waals surface area (Å²) in [5.74, 6) is 0.317. The predicted octanol–water partition coefficient (Wildman–Crippen LogP) is 1.79. The number of benzene rings is 1. The van der Waals surface area contributed by atoms with Gasteiger partial charge in [-0.05, 0) is 43.4 Å². The van der Waals surface area contributed by atoms with Crippen LogP contribution in [0.3, 0.4) is 0 Å². The van der Waals surface area contributed by atoms with E-state index in [1.165, 1.54) is 19.2 Å². The SMILES string of the molecule is COc1cc(F)cc(CNC(=O)NC(C)(CO)C2CC2)c1. The minimum absolute atomic E-state index is 0.0983. The average Bonchev–Trinajstić information content (AvgIpc) is 3.29. The van der Waals surface area contributed by atoms with Gasteiger partial charge in [0.25, 0.3) is 0 Å². The second-order valence-corrected chi connectivity index (χ2v) is 5.66. The van der Waals surface area contributed by atoms with Gasteiger partial charge in [-0.25, -0.2) is 9.18 Å². The standard InChI is InChI=1S/C15H21FN2O3/c1-15(9-19,11-3-4-11)18-14(20)17-8-10-5-12(16)7-13(6-10)21-2/h5-7,11,19H,3-4,8-9H2,1-2H3,(H2,17,18,20). The molecule has 2 amide bonds. The summed E-state index contributed by atoms with van der Waals surface area (Å²) >= 11 is 0. The summed E-state index contributed by atoms with van der Waals surface area (Å²) in [5, 5.41) is 14.9. The molecule has 1 fully saturated rings. The van der Waals surface area contributed by atoms with Crippen molar-refractivity contribution in [3.05, 3.63) is 29.6 Å². The topological polar surface area (TPSA) is 70.6 Å². The number of carbonyl (C=O) groups excluding carboxylic acids is 1. The van der Waals surface area contributed by atoms with Gasteiger partial charge in [0.15, 0.2) is 0 Å². The number of ether oxygens (including phenoxy) is 1. The Balaban J connectivity index is 1.90. The van der Waals surface area contributed by atoms with Crippen molar-refractivity contribution in [2.45, 2.75) is 31.8 Å². The van der Waals surface area contributed by atoms with E-state index in [2.05, 4.69) is 10.6 Å². The molecule has 1 aromatic rings. The number of hydrogen-bond donors (Lipinski definition) is 3. The molecule has 0 heterocycles. The zero-order valence-electron chi connectivity index (χ0n) is 12.3. The van der Waals surface area contributed by atoms with E-state index < -0.39 is 11.4 Å². The van der Waals surface area contributed by atoms with Gasteiger partial charge in [-0.3, -0.25) is 0 Å². The Morgan fingerprint density at radius 3 is 2.76 bits per heavy atom. The molecule has 0 aromatic heterocycles. The molecule has 6 heteroatoms. The lowest BCUT2D eigenvalue weighted by molar-refractivity contribution is 0.155. The molecule has 1 saturated carbocycles. The fourth-order valence-corrected chi connectivity index (χ4v) is 2.32. The maximum atomic E-state index is 13.3. The smallest absolute Gasteiger partial charge is 0.315 e. The first kappa shape index (κ1) is 15.6. The highest BCUT2D eigenvalue weighted by atomic mass is 19.1. The van der Waals surface area contributed by atoms with Crippen molar-refractivity contribution in [1.82, 2.24) is 10.6 Å². The van der Waals surface area contributed by atoms with Crippen molar-refractivity contribution in [2.24, 2.45) is 5.92 Å². The van der Waals surface area contributed by atoms with E-state index in [4.69, 9.17) is 4.74 Å². The fraction of sp³-hybridized carbons (Fsp3) is 0.533. The largest absolute Gasteiger partial charge is 0.497 e. The van der Waals surface area contributed by atoms with Crippen LogP contribution in [0.5, 0.6) is 5.75 Å². The molecule has 5 nitrogen and oxygen atoms in total. The molecule has 0 saturated heterocycles. The van der Waals surface area contributed by atoms with Crippen LogP contribution in [0.15, 0.2) is 18.2 Å². The van der Waals surface area contributed by atoms with Gasteiger partial charge >= 0.3 is 6.03 Å². The number of nitrogens with one attached hydrogen (secondary N) is 2. The van der Waals surface area contributed by atoms with Gasteiger partial charge in [0, 0.05) is 12.6 Å². The monoisotopic (exact) mass is 296 g/mol. The van der Waals surface area contributed by atoms with Crippen molar-refractivity contribution < 1.29 is 19.0 Å². The Morgan fingerprint density at radius 2 is 2.19 bits per heavy atom. The van der Waals surface area contributed by atoms with Gasteiger partial charge in [0.2, 0.25) is 0 Å². The van der Waals surface area contributed by atoms with Crippen LogP contribution in [0.1, 0.15) is 25.3 Å². The maximum absolute atomic E-state index is 13.3. The highest BCUT2D eigenvalue weighted by Crippen LogP contribution is 2.39. The lowest BCUT2D eigenvalue weighted by Crippen LogP contribution is -2.53. The van der Waals surface area contributed by atoms with Crippen LogP contribution in [0.4, 0.5) is 9.18 Å². The number of halogens is 1. The molecule has 21 heavy (non-hydrogen) atoms. The van der Waals surface area contributed by atoms with E-state index in [-0.39, 0.29) is 19.2 Å². The van der Waals surface area contributed by atoms with Gasteiger partial charge in [-0.1, -0.05) is 0 Å². The van der Waals surface area contributed by atoms with Crippen molar-refractivity contribution in [2.75, 3.05) is 13.7 Å². The molecule has 1 unspecified atom stereocenters. The van der Waals surface area contributed by atoms with E-state index in [9.17, 15) is 14.3 Å². The third-order valence-corrected chi connectivity index (χ3v) is 3.83. The molecular formula is C15H21FN2O3. The Labute approximate surface area is 123 Å². The van der Waals surface area contributed by atoms with Crippen LogP contribution in [0, 0.1) is 11.7 Å². The minimum atomic E-state index is -0.594. The van der Waals surface area contributed by atoms with Crippen LogP contribution in [-0.2, 0) is 6.54 Å². The average molecular weight is 296 g/mol. The molecule has 1 aliphatic rings. The van der Waals surface area contributed by atoms with E-state index in [1.54, 1.807) is 6.07 Å². The van der Waals surface area contributed by atoms with Crippen LogP contribution >= 0.6 is 0 Å². The number of hydrogen-bond acceptors (Lipinski definition) is 3. The number of carbonyl (C=O) groups is 1. The summed E-state index contributed by atoms with van der Waals surface area (Å²) < 4.78 is 18.3. The van der Waals surface area contributed by atoms with Gasteiger partial charge in [-0.2, -0.15) is 0 Å². The number of urea groups is 1. The zero-order chi connectivity index (χ0) is 15.5. The lowest BCUT2D eigenvalue weighted by atomic mass is 9.97. The number of aliphatic hydroxyl groups is 1. The molecule has 3 N–H and O–H groups in total. The van der Waals surface area contributed by atoms with Gasteiger partial charge in [0.05, 0.1) is 19.3 Å². The summed E-state index contributed by atoms with van der Waals surface area (Å²) in [6.07, 6.45) is 2.02. The summed E-state index contributed by atoms with van der Waals surface area (Å²) in [6, 6.07) is 3.91. The zero-order valence-corrected chi connectivity index (χ0v) is 12.3. The Hall–Kier alpha value is -1.82. The van der Waals surface area contributed by atoms with Crippen LogP contribution < -0.4 is 15.4 Å². The normalized spacial score (nSPS) is 17.0. The highest BCUT2D eigenvalue weighted by molar-refractivity contribution is 5.74. The number of methoxy groups -OCH3 is 1. The number of aliphatic hydroxyl groups excluding tert-OH is 1. The molecule has 0 bridgehead atoms. The molecule has 0 spiro atoms. The summed E-state index contributed by atoms with van der Waals surface area (Å²) in [4.78, 5) is 11.9.